The molecule has 2 unspecified atom stereocenters. The Bertz CT molecular complexity index is 221. The minimum absolute atomic E-state index is 0.134. The number of rotatable bonds is 3. The summed E-state index contributed by atoms with van der Waals surface area (Å²) in [6.45, 7) is 5.57. The van der Waals surface area contributed by atoms with Crippen LogP contribution in [0.1, 0.15) is 13.8 Å². The summed E-state index contributed by atoms with van der Waals surface area (Å²) >= 11 is 0. The van der Waals surface area contributed by atoms with Gasteiger partial charge in [-0.25, -0.2) is 4.79 Å². The van der Waals surface area contributed by atoms with Gasteiger partial charge < -0.3 is 14.9 Å². The molecule has 0 saturated carbocycles. The van der Waals surface area contributed by atoms with Gasteiger partial charge in [0.1, 0.15) is 25.7 Å². The van der Waals surface area contributed by atoms with Crippen LogP contribution in [0.5, 0.6) is 0 Å². The van der Waals surface area contributed by atoms with E-state index < -0.39 is 12.2 Å². The van der Waals surface area contributed by atoms with Crippen molar-refractivity contribution in [3.8, 4) is 0 Å². The number of hydrogen-bond donors (Lipinski definition) is 2. The van der Waals surface area contributed by atoms with Gasteiger partial charge in [-0.2, -0.15) is 0 Å². The molecule has 2 N–H and O–H groups in total. The van der Waals surface area contributed by atoms with Crippen LogP contribution in [-0.2, 0) is 9.53 Å². The summed E-state index contributed by atoms with van der Waals surface area (Å²) in [5.41, 5.74) is 0. The highest BCUT2D eigenvalue weighted by atomic mass is 16.5. The lowest BCUT2D eigenvalue weighted by Gasteiger charge is -2.40. The van der Waals surface area contributed by atoms with Crippen LogP contribution in [0.4, 0.5) is 0 Å². The number of ether oxygens (including phenoxy) is 1. The Labute approximate surface area is 89.9 Å². The highest BCUT2D eigenvalue weighted by molar-refractivity contribution is 5.73. The van der Waals surface area contributed by atoms with E-state index in [1.165, 1.54) is 6.92 Å². The largest absolute Gasteiger partial charge is 0.388 e. The highest BCUT2D eigenvalue weighted by Crippen LogP contribution is 2.15. The summed E-state index contributed by atoms with van der Waals surface area (Å²) in [6, 6.07) is 0. The number of amides is 1. The molecule has 1 heterocycles. The monoisotopic (exact) mass is 218 g/mol. The van der Waals surface area contributed by atoms with E-state index in [0.29, 0.717) is 32.8 Å². The first-order chi connectivity index (χ1) is 6.98. The van der Waals surface area contributed by atoms with Crippen LogP contribution in [0, 0.1) is 0 Å². The topological polar surface area (TPSA) is 66.8 Å². The van der Waals surface area contributed by atoms with Crippen LogP contribution in [0.25, 0.3) is 0 Å². The average Bonchev–Trinajstić information content (AvgIpc) is 2.16. The van der Waals surface area contributed by atoms with Crippen LogP contribution in [0.2, 0.25) is 0 Å². The predicted octanol–water partition coefficient (Wildman–Crippen LogP) is -0.878. The van der Waals surface area contributed by atoms with Gasteiger partial charge in [0.2, 0.25) is 0 Å². The second-order valence-electron chi connectivity index (χ2n) is 4.25. The molecule has 1 saturated heterocycles. The van der Waals surface area contributed by atoms with Crippen molar-refractivity contribution in [3.63, 3.8) is 0 Å². The minimum Gasteiger partial charge on any atom is -0.388 e. The molecule has 15 heavy (non-hydrogen) atoms. The first-order valence-corrected chi connectivity index (χ1v) is 5.32. The third kappa shape index (κ3) is 2.98. The molecule has 1 amide bonds. The fraction of sp³-hybridized carbons (Fsp3) is 0.900. The maximum absolute atomic E-state index is 11.9. The zero-order chi connectivity index (χ0) is 11.5. The number of hydrogen-bond acceptors (Lipinski definition) is 4. The van der Waals surface area contributed by atoms with E-state index in [2.05, 4.69) is 0 Å². The van der Waals surface area contributed by atoms with Crippen molar-refractivity contribution < 1.29 is 24.2 Å². The molecule has 0 aromatic rings. The van der Waals surface area contributed by atoms with Crippen molar-refractivity contribution in [1.29, 1.82) is 0 Å². The molecule has 0 bridgehead atoms. The Balaban J connectivity index is 2.79. The number of aliphatic hydroxyl groups is 2. The Morgan fingerprint density at radius 2 is 1.87 bits per heavy atom. The van der Waals surface area contributed by atoms with Crippen LogP contribution in [0.3, 0.4) is 0 Å². The molecular formula is C10H20NO4+. The maximum atomic E-state index is 11.9. The lowest BCUT2D eigenvalue weighted by Crippen LogP contribution is -2.63. The van der Waals surface area contributed by atoms with Crippen LogP contribution < -0.4 is 0 Å². The quantitative estimate of drug-likeness (QED) is 0.604. The van der Waals surface area contributed by atoms with E-state index >= 15 is 0 Å². The van der Waals surface area contributed by atoms with Crippen molar-refractivity contribution in [3.05, 3.63) is 0 Å². The molecule has 88 valence electrons. The number of aliphatic hydroxyl groups excluding tert-OH is 2. The van der Waals surface area contributed by atoms with Crippen molar-refractivity contribution >= 4 is 5.91 Å². The van der Waals surface area contributed by atoms with Crippen molar-refractivity contribution in [1.82, 2.24) is 0 Å². The average molecular weight is 218 g/mol. The van der Waals surface area contributed by atoms with Crippen LogP contribution >= 0.6 is 0 Å². The van der Waals surface area contributed by atoms with Gasteiger partial charge in [-0.3, -0.25) is 4.48 Å². The van der Waals surface area contributed by atoms with E-state index in [-0.39, 0.29) is 10.4 Å². The standard InChI is InChI=1S/C10H20NO4/c1-8(12)7-11(10(14)9(2)13)3-5-15-6-4-11/h8-9,12-13H,3-7H2,1-2H3/q+1. The first kappa shape index (κ1) is 12.6. The summed E-state index contributed by atoms with van der Waals surface area (Å²) in [7, 11) is 0. The Kier molecular flexibility index (Phi) is 4.21. The zero-order valence-electron chi connectivity index (χ0n) is 9.35. The van der Waals surface area contributed by atoms with Gasteiger partial charge in [-0.1, -0.05) is 0 Å². The van der Waals surface area contributed by atoms with Gasteiger partial charge >= 0.3 is 5.91 Å². The molecule has 1 fully saturated rings. The van der Waals surface area contributed by atoms with Gasteiger partial charge in [0.05, 0.1) is 13.2 Å². The van der Waals surface area contributed by atoms with E-state index in [1.54, 1.807) is 6.92 Å². The lowest BCUT2D eigenvalue weighted by atomic mass is 10.2. The minimum atomic E-state index is -0.984. The van der Waals surface area contributed by atoms with Gasteiger partial charge in [-0.05, 0) is 13.8 Å². The maximum Gasteiger partial charge on any atom is 0.342 e. The predicted molar refractivity (Wildman–Crippen MR) is 54.0 cm³/mol. The summed E-state index contributed by atoms with van der Waals surface area (Å²) < 4.78 is 5.34. The second-order valence-corrected chi connectivity index (χ2v) is 4.25. The van der Waals surface area contributed by atoms with E-state index in [1.807, 2.05) is 0 Å². The molecule has 0 aromatic carbocycles. The Morgan fingerprint density at radius 3 is 2.27 bits per heavy atom. The van der Waals surface area contributed by atoms with Crippen molar-refractivity contribution in [2.45, 2.75) is 26.1 Å². The fourth-order valence-electron chi connectivity index (χ4n) is 2.09. The van der Waals surface area contributed by atoms with Crippen molar-refractivity contribution in [2.24, 2.45) is 0 Å². The molecule has 1 rings (SSSR count). The molecule has 0 aliphatic carbocycles. The molecule has 0 radical (unpaired) electrons. The Morgan fingerprint density at radius 1 is 1.33 bits per heavy atom. The number of carbonyl (C=O) groups excluding carboxylic acids is 1. The molecule has 0 spiro atoms. The van der Waals surface area contributed by atoms with Crippen LogP contribution in [-0.4, -0.2) is 65.7 Å². The number of carbonyl (C=O) groups is 1. The molecule has 2 atom stereocenters. The highest BCUT2D eigenvalue weighted by Gasteiger charge is 2.41. The zero-order valence-corrected chi connectivity index (χ0v) is 9.35. The fourth-order valence-corrected chi connectivity index (χ4v) is 2.09. The van der Waals surface area contributed by atoms with Gasteiger partial charge in [0, 0.05) is 0 Å². The molecular weight excluding hydrogens is 198 g/mol. The van der Waals surface area contributed by atoms with Gasteiger partial charge in [0.15, 0.2) is 6.10 Å². The first-order valence-electron chi connectivity index (χ1n) is 5.32. The molecule has 5 nitrogen and oxygen atoms in total. The molecule has 0 aromatic heterocycles. The molecule has 1 aliphatic rings. The van der Waals surface area contributed by atoms with Crippen LogP contribution in [0.15, 0.2) is 0 Å². The normalized spacial score (nSPS) is 24.5. The summed E-state index contributed by atoms with van der Waals surface area (Å²) in [4.78, 5) is 11.9. The van der Waals surface area contributed by atoms with Gasteiger partial charge in [0.25, 0.3) is 0 Å². The summed E-state index contributed by atoms with van der Waals surface area (Å²) in [5.74, 6) is -0.223. The van der Waals surface area contributed by atoms with E-state index in [4.69, 9.17) is 4.74 Å². The van der Waals surface area contributed by atoms with Crippen molar-refractivity contribution in [2.75, 3.05) is 32.8 Å². The molecule has 1 aliphatic heterocycles. The summed E-state index contributed by atoms with van der Waals surface area (Å²) in [6.07, 6.45) is -1.53. The van der Waals surface area contributed by atoms with E-state index in [9.17, 15) is 15.0 Å². The second kappa shape index (κ2) is 5.03. The third-order valence-electron chi connectivity index (χ3n) is 2.77. The summed E-state index contributed by atoms with van der Waals surface area (Å²) in [5, 5.41) is 18.8. The number of morpholine rings is 1. The van der Waals surface area contributed by atoms with Gasteiger partial charge in [-0.15, -0.1) is 0 Å². The number of quaternary nitrogens is 1. The smallest absolute Gasteiger partial charge is 0.342 e. The SMILES string of the molecule is CC(O)C[N+]1(C(=O)C(C)O)CCOCC1. The third-order valence-corrected chi connectivity index (χ3v) is 2.77. The molecule has 5 heteroatoms. The van der Waals surface area contributed by atoms with E-state index in [0.717, 1.165) is 0 Å². The number of nitrogens with zero attached hydrogens (tertiary/aromatic N) is 1. The lowest BCUT2D eigenvalue weighted by molar-refractivity contribution is -0.867. The Hall–Kier alpha value is -0.490.